The van der Waals surface area contributed by atoms with Crippen molar-refractivity contribution >= 4 is 5.78 Å². The molecule has 1 fully saturated rings. The number of carbonyl (C=O) groups excluding carboxylic acids is 1. The standard InChI is InChI=1S/C15H24O/c1-10(2)12-5-6-15(4)11(3)7-14(16)9-13(15)8-12/h9-12H,5-8H2,1-4H3/t11-,12+,15-/m0/s1. The molecule has 0 bridgehead atoms. The Bertz CT molecular complexity index is 326. The summed E-state index contributed by atoms with van der Waals surface area (Å²) in [7, 11) is 0. The second-order valence-corrected chi connectivity index (χ2v) is 6.41. The van der Waals surface area contributed by atoms with Crippen LogP contribution in [0.5, 0.6) is 0 Å². The highest BCUT2D eigenvalue weighted by atomic mass is 16.1. The molecule has 0 aliphatic heterocycles. The van der Waals surface area contributed by atoms with Gasteiger partial charge in [0.05, 0.1) is 0 Å². The molecule has 0 aromatic rings. The van der Waals surface area contributed by atoms with Crippen molar-refractivity contribution in [3.8, 4) is 0 Å². The summed E-state index contributed by atoms with van der Waals surface area (Å²) < 4.78 is 0. The molecule has 0 aromatic heterocycles. The van der Waals surface area contributed by atoms with Gasteiger partial charge in [-0.1, -0.05) is 33.3 Å². The molecule has 90 valence electrons. The Morgan fingerprint density at radius 3 is 2.69 bits per heavy atom. The van der Waals surface area contributed by atoms with Gasteiger partial charge in [0.2, 0.25) is 0 Å². The Balaban J connectivity index is 2.26. The second-order valence-electron chi connectivity index (χ2n) is 6.41. The molecule has 0 saturated heterocycles. The third-order valence-electron chi connectivity index (χ3n) is 5.12. The van der Waals surface area contributed by atoms with E-state index in [2.05, 4.69) is 27.7 Å². The molecule has 0 N–H and O–H groups in total. The van der Waals surface area contributed by atoms with Crippen molar-refractivity contribution in [2.24, 2.45) is 23.2 Å². The van der Waals surface area contributed by atoms with Crippen LogP contribution in [0.3, 0.4) is 0 Å². The lowest BCUT2D eigenvalue weighted by Crippen LogP contribution is -2.38. The van der Waals surface area contributed by atoms with Crippen molar-refractivity contribution < 1.29 is 4.79 Å². The van der Waals surface area contributed by atoms with Crippen molar-refractivity contribution in [1.82, 2.24) is 0 Å². The maximum atomic E-state index is 11.7. The molecule has 1 nitrogen and oxygen atoms in total. The normalized spacial score (nSPS) is 39.6. The van der Waals surface area contributed by atoms with Crippen LogP contribution in [0.2, 0.25) is 0 Å². The Kier molecular flexibility index (Phi) is 2.98. The van der Waals surface area contributed by atoms with Gasteiger partial charge in [0.15, 0.2) is 5.78 Å². The summed E-state index contributed by atoms with van der Waals surface area (Å²) in [5.41, 5.74) is 1.76. The average molecular weight is 220 g/mol. The number of fused-ring (bicyclic) bond motifs is 1. The van der Waals surface area contributed by atoms with Gasteiger partial charge in [-0.25, -0.2) is 0 Å². The van der Waals surface area contributed by atoms with Crippen LogP contribution in [0.15, 0.2) is 11.6 Å². The first-order valence-corrected chi connectivity index (χ1v) is 6.67. The SMILES string of the molecule is CC(C)[C@@H]1CC[C@]2(C)C(=CC(=O)C[C@@H]2C)C1. The molecular formula is C15H24O. The van der Waals surface area contributed by atoms with Crippen LogP contribution in [0.25, 0.3) is 0 Å². The van der Waals surface area contributed by atoms with Gasteiger partial charge < -0.3 is 0 Å². The van der Waals surface area contributed by atoms with E-state index in [0.29, 0.717) is 17.1 Å². The van der Waals surface area contributed by atoms with E-state index in [9.17, 15) is 4.79 Å². The number of hydrogen-bond donors (Lipinski definition) is 0. The molecule has 3 atom stereocenters. The lowest BCUT2D eigenvalue weighted by molar-refractivity contribution is -0.117. The molecule has 2 rings (SSSR count). The molecule has 0 spiro atoms. The average Bonchev–Trinajstić information content (AvgIpc) is 2.19. The second kappa shape index (κ2) is 4.01. The third-order valence-corrected chi connectivity index (χ3v) is 5.12. The molecule has 2 aliphatic rings. The summed E-state index contributed by atoms with van der Waals surface area (Å²) in [6.07, 6.45) is 6.49. The summed E-state index contributed by atoms with van der Waals surface area (Å²) in [6, 6.07) is 0. The molecular weight excluding hydrogens is 196 g/mol. The Morgan fingerprint density at radius 2 is 2.06 bits per heavy atom. The number of hydrogen-bond acceptors (Lipinski definition) is 1. The Hall–Kier alpha value is -0.590. The fourth-order valence-electron chi connectivity index (χ4n) is 3.40. The highest BCUT2D eigenvalue weighted by Gasteiger charge is 2.43. The van der Waals surface area contributed by atoms with Crippen LogP contribution in [-0.2, 0) is 4.79 Å². The number of carbonyl (C=O) groups is 1. The molecule has 2 aliphatic carbocycles. The first-order valence-electron chi connectivity index (χ1n) is 6.67. The molecule has 16 heavy (non-hydrogen) atoms. The van der Waals surface area contributed by atoms with Crippen molar-refractivity contribution in [1.29, 1.82) is 0 Å². The number of allylic oxidation sites excluding steroid dienone is 2. The van der Waals surface area contributed by atoms with Crippen LogP contribution < -0.4 is 0 Å². The zero-order valence-corrected chi connectivity index (χ0v) is 11.0. The van der Waals surface area contributed by atoms with E-state index < -0.39 is 0 Å². The van der Waals surface area contributed by atoms with Gasteiger partial charge in [-0.05, 0) is 48.5 Å². The van der Waals surface area contributed by atoms with E-state index in [4.69, 9.17) is 0 Å². The minimum atomic E-state index is 0.319. The molecule has 0 heterocycles. The van der Waals surface area contributed by atoms with E-state index in [1.807, 2.05) is 6.08 Å². The van der Waals surface area contributed by atoms with Crippen LogP contribution >= 0.6 is 0 Å². The van der Waals surface area contributed by atoms with Crippen LogP contribution in [0.4, 0.5) is 0 Å². The van der Waals surface area contributed by atoms with E-state index >= 15 is 0 Å². The van der Waals surface area contributed by atoms with Crippen LogP contribution in [0, 0.1) is 23.2 Å². The van der Waals surface area contributed by atoms with Gasteiger partial charge in [-0.3, -0.25) is 4.79 Å². The number of rotatable bonds is 1. The summed E-state index contributed by atoms with van der Waals surface area (Å²) in [5.74, 6) is 2.42. The predicted molar refractivity (Wildman–Crippen MR) is 67.2 cm³/mol. The zero-order chi connectivity index (χ0) is 11.9. The summed E-state index contributed by atoms with van der Waals surface area (Å²) in [4.78, 5) is 11.7. The first kappa shape index (κ1) is 11.9. The van der Waals surface area contributed by atoms with Gasteiger partial charge in [-0.15, -0.1) is 0 Å². The summed E-state index contributed by atoms with van der Waals surface area (Å²) >= 11 is 0. The van der Waals surface area contributed by atoms with E-state index in [-0.39, 0.29) is 0 Å². The Labute approximate surface area is 99.3 Å². The highest BCUT2D eigenvalue weighted by molar-refractivity contribution is 5.92. The fraction of sp³-hybridized carbons (Fsp3) is 0.800. The van der Waals surface area contributed by atoms with Gasteiger partial charge in [0, 0.05) is 6.42 Å². The highest BCUT2D eigenvalue weighted by Crippen LogP contribution is 2.52. The predicted octanol–water partition coefficient (Wildman–Crippen LogP) is 3.98. The summed E-state index contributed by atoms with van der Waals surface area (Å²) in [6.45, 7) is 9.23. The molecule has 0 radical (unpaired) electrons. The van der Waals surface area contributed by atoms with Crippen LogP contribution in [-0.4, -0.2) is 5.78 Å². The van der Waals surface area contributed by atoms with E-state index in [1.165, 1.54) is 18.4 Å². The van der Waals surface area contributed by atoms with Gasteiger partial charge in [0.25, 0.3) is 0 Å². The molecule has 1 heteroatoms. The molecule has 0 aromatic carbocycles. The monoisotopic (exact) mass is 220 g/mol. The first-order chi connectivity index (χ1) is 7.43. The topological polar surface area (TPSA) is 17.1 Å². The smallest absolute Gasteiger partial charge is 0.155 e. The van der Waals surface area contributed by atoms with Crippen molar-refractivity contribution in [3.05, 3.63) is 11.6 Å². The molecule has 0 unspecified atom stereocenters. The zero-order valence-electron chi connectivity index (χ0n) is 11.0. The van der Waals surface area contributed by atoms with Crippen molar-refractivity contribution in [3.63, 3.8) is 0 Å². The van der Waals surface area contributed by atoms with Gasteiger partial charge in [-0.2, -0.15) is 0 Å². The van der Waals surface area contributed by atoms with Gasteiger partial charge >= 0.3 is 0 Å². The quantitative estimate of drug-likeness (QED) is 0.653. The maximum Gasteiger partial charge on any atom is 0.155 e. The summed E-state index contributed by atoms with van der Waals surface area (Å²) in [5, 5.41) is 0. The lowest BCUT2D eigenvalue weighted by Gasteiger charge is -2.47. The van der Waals surface area contributed by atoms with E-state index in [1.54, 1.807) is 0 Å². The Morgan fingerprint density at radius 1 is 1.38 bits per heavy atom. The van der Waals surface area contributed by atoms with Gasteiger partial charge in [0.1, 0.15) is 0 Å². The van der Waals surface area contributed by atoms with E-state index in [0.717, 1.165) is 24.7 Å². The number of ketones is 1. The largest absolute Gasteiger partial charge is 0.295 e. The fourth-order valence-corrected chi connectivity index (χ4v) is 3.40. The lowest BCUT2D eigenvalue weighted by atomic mass is 9.58. The third kappa shape index (κ3) is 1.85. The van der Waals surface area contributed by atoms with Crippen molar-refractivity contribution in [2.75, 3.05) is 0 Å². The van der Waals surface area contributed by atoms with Crippen molar-refractivity contribution in [2.45, 2.75) is 53.4 Å². The van der Waals surface area contributed by atoms with Crippen LogP contribution in [0.1, 0.15) is 53.4 Å². The molecule has 0 amide bonds. The minimum absolute atomic E-state index is 0.319. The minimum Gasteiger partial charge on any atom is -0.295 e. The molecule has 1 saturated carbocycles. The maximum absolute atomic E-state index is 11.7.